The highest BCUT2D eigenvalue weighted by molar-refractivity contribution is 5.89. The molecule has 1 heterocycles. The van der Waals surface area contributed by atoms with Gasteiger partial charge < -0.3 is 20.4 Å². The molecular weight excluding hydrogens is 280 g/mol. The van der Waals surface area contributed by atoms with Gasteiger partial charge in [-0.2, -0.15) is 0 Å². The van der Waals surface area contributed by atoms with E-state index in [0.29, 0.717) is 13.0 Å². The third-order valence-electron chi connectivity index (χ3n) is 4.27. The normalized spacial score (nSPS) is 19.8. The molecule has 6 heteroatoms. The van der Waals surface area contributed by atoms with Crippen molar-refractivity contribution < 1.29 is 9.53 Å². The number of aromatic nitrogens is 2. The lowest BCUT2D eigenvalue weighted by molar-refractivity contribution is -0.136. The molecule has 1 unspecified atom stereocenters. The summed E-state index contributed by atoms with van der Waals surface area (Å²) in [5.41, 5.74) is 7.39. The van der Waals surface area contributed by atoms with E-state index in [0.717, 1.165) is 29.1 Å². The number of carbonyl (C=O) groups is 1. The van der Waals surface area contributed by atoms with Crippen molar-refractivity contribution in [3.05, 3.63) is 47.5 Å². The standard InChI is InChI=1S/C16H20N4O2/c1-20(10-14-18-8-9-19-14)15(21)16(17)7-6-11-12(16)4-3-5-13(11)22-2/h3-5,8-9H,6-7,10,17H2,1-2H3,(H,18,19). The molecule has 1 aromatic heterocycles. The summed E-state index contributed by atoms with van der Waals surface area (Å²) in [6.07, 6.45) is 4.74. The molecule has 0 aliphatic heterocycles. The highest BCUT2D eigenvalue weighted by Crippen LogP contribution is 2.40. The van der Waals surface area contributed by atoms with Gasteiger partial charge in [0.1, 0.15) is 17.1 Å². The molecule has 0 spiro atoms. The van der Waals surface area contributed by atoms with Gasteiger partial charge in [0.15, 0.2) is 0 Å². The van der Waals surface area contributed by atoms with Gasteiger partial charge in [0.05, 0.1) is 13.7 Å². The first-order valence-corrected chi connectivity index (χ1v) is 7.25. The molecule has 22 heavy (non-hydrogen) atoms. The molecular formula is C16H20N4O2. The predicted molar refractivity (Wildman–Crippen MR) is 82.2 cm³/mol. The van der Waals surface area contributed by atoms with Crippen LogP contribution in [0.3, 0.4) is 0 Å². The highest BCUT2D eigenvalue weighted by Gasteiger charge is 2.44. The maximum Gasteiger partial charge on any atom is 0.247 e. The monoisotopic (exact) mass is 300 g/mol. The number of likely N-dealkylation sites (N-methyl/N-ethyl adjacent to an activating group) is 1. The Morgan fingerprint density at radius 1 is 1.55 bits per heavy atom. The number of nitrogens with one attached hydrogen (secondary N) is 1. The van der Waals surface area contributed by atoms with Crippen LogP contribution in [0.5, 0.6) is 5.75 Å². The number of nitrogens with zero attached hydrogens (tertiary/aromatic N) is 2. The van der Waals surface area contributed by atoms with Gasteiger partial charge in [-0.1, -0.05) is 12.1 Å². The van der Waals surface area contributed by atoms with Crippen molar-refractivity contribution in [3.8, 4) is 5.75 Å². The quantitative estimate of drug-likeness (QED) is 0.888. The van der Waals surface area contributed by atoms with Crippen LogP contribution in [0.25, 0.3) is 0 Å². The number of nitrogens with two attached hydrogens (primary N) is 1. The fourth-order valence-corrected chi connectivity index (χ4v) is 3.13. The zero-order valence-corrected chi connectivity index (χ0v) is 12.8. The molecule has 0 radical (unpaired) electrons. The van der Waals surface area contributed by atoms with E-state index < -0.39 is 5.54 Å². The van der Waals surface area contributed by atoms with Crippen molar-refractivity contribution >= 4 is 5.91 Å². The van der Waals surface area contributed by atoms with Crippen molar-refractivity contribution in [1.82, 2.24) is 14.9 Å². The van der Waals surface area contributed by atoms with E-state index >= 15 is 0 Å². The summed E-state index contributed by atoms with van der Waals surface area (Å²) in [6, 6.07) is 5.70. The lowest BCUT2D eigenvalue weighted by atomic mass is 9.91. The van der Waals surface area contributed by atoms with E-state index in [2.05, 4.69) is 9.97 Å². The van der Waals surface area contributed by atoms with E-state index in [4.69, 9.17) is 10.5 Å². The summed E-state index contributed by atoms with van der Waals surface area (Å²) >= 11 is 0. The summed E-state index contributed by atoms with van der Waals surface area (Å²) in [4.78, 5) is 21.6. The second kappa shape index (κ2) is 5.46. The largest absolute Gasteiger partial charge is 0.496 e. The molecule has 3 N–H and O–H groups in total. The Morgan fingerprint density at radius 2 is 2.36 bits per heavy atom. The van der Waals surface area contributed by atoms with Crippen LogP contribution in [0.2, 0.25) is 0 Å². The van der Waals surface area contributed by atoms with Crippen LogP contribution in [0, 0.1) is 0 Å². The van der Waals surface area contributed by atoms with Crippen LogP contribution < -0.4 is 10.5 Å². The smallest absolute Gasteiger partial charge is 0.247 e. The number of ether oxygens (including phenoxy) is 1. The molecule has 0 bridgehead atoms. The van der Waals surface area contributed by atoms with Gasteiger partial charge in [-0.25, -0.2) is 4.98 Å². The Kier molecular flexibility index (Phi) is 3.62. The predicted octanol–water partition coefficient (Wildman–Crippen LogP) is 1.18. The fraction of sp³-hybridized carbons (Fsp3) is 0.375. The van der Waals surface area contributed by atoms with Gasteiger partial charge in [-0.05, 0) is 30.0 Å². The van der Waals surface area contributed by atoms with E-state index in [9.17, 15) is 4.79 Å². The molecule has 0 saturated heterocycles. The number of aromatic amines is 1. The van der Waals surface area contributed by atoms with E-state index in [1.165, 1.54) is 0 Å². The third-order valence-corrected chi connectivity index (χ3v) is 4.27. The molecule has 0 saturated carbocycles. The molecule has 3 rings (SSSR count). The van der Waals surface area contributed by atoms with Gasteiger partial charge in [-0.15, -0.1) is 0 Å². The number of hydrogen-bond donors (Lipinski definition) is 2. The minimum atomic E-state index is -0.995. The van der Waals surface area contributed by atoms with Crippen LogP contribution in [0.15, 0.2) is 30.6 Å². The Bertz CT molecular complexity index is 683. The first kappa shape index (κ1) is 14.6. The summed E-state index contributed by atoms with van der Waals surface area (Å²) in [5.74, 6) is 1.44. The number of H-pyrrole nitrogens is 1. The number of fused-ring (bicyclic) bond motifs is 1. The maximum absolute atomic E-state index is 12.9. The minimum Gasteiger partial charge on any atom is -0.496 e. The van der Waals surface area contributed by atoms with Crippen molar-refractivity contribution in [1.29, 1.82) is 0 Å². The number of imidazole rings is 1. The van der Waals surface area contributed by atoms with Crippen LogP contribution in [-0.4, -0.2) is 34.9 Å². The van der Waals surface area contributed by atoms with Gasteiger partial charge >= 0.3 is 0 Å². The fourth-order valence-electron chi connectivity index (χ4n) is 3.13. The molecule has 1 amide bonds. The average molecular weight is 300 g/mol. The lowest BCUT2D eigenvalue weighted by Crippen LogP contribution is -2.50. The summed E-state index contributed by atoms with van der Waals surface area (Å²) in [7, 11) is 3.38. The van der Waals surface area contributed by atoms with E-state index in [-0.39, 0.29) is 5.91 Å². The molecule has 1 atom stereocenters. The Morgan fingerprint density at radius 3 is 3.05 bits per heavy atom. The SMILES string of the molecule is COc1cccc2c1CCC2(N)C(=O)N(C)Cc1ncc[nH]1. The summed E-state index contributed by atoms with van der Waals surface area (Å²) < 4.78 is 5.38. The van der Waals surface area contributed by atoms with Crippen LogP contribution in [-0.2, 0) is 23.3 Å². The zero-order chi connectivity index (χ0) is 15.7. The van der Waals surface area contributed by atoms with Crippen molar-refractivity contribution in [2.45, 2.75) is 24.9 Å². The zero-order valence-electron chi connectivity index (χ0n) is 12.8. The number of carbonyl (C=O) groups excluding carboxylic acids is 1. The van der Waals surface area contributed by atoms with E-state index in [1.54, 1.807) is 31.5 Å². The van der Waals surface area contributed by atoms with Crippen molar-refractivity contribution in [3.63, 3.8) is 0 Å². The number of methoxy groups -OCH3 is 1. The number of rotatable bonds is 4. The molecule has 1 aliphatic rings. The number of amides is 1. The molecule has 2 aromatic rings. The maximum atomic E-state index is 12.9. The Balaban J connectivity index is 1.88. The highest BCUT2D eigenvalue weighted by atomic mass is 16.5. The minimum absolute atomic E-state index is 0.101. The van der Waals surface area contributed by atoms with Crippen LogP contribution >= 0.6 is 0 Å². The van der Waals surface area contributed by atoms with Gasteiger partial charge in [0, 0.05) is 19.4 Å². The molecule has 1 aromatic carbocycles. The van der Waals surface area contributed by atoms with Crippen molar-refractivity contribution in [2.24, 2.45) is 5.73 Å². The van der Waals surface area contributed by atoms with Crippen LogP contribution in [0.4, 0.5) is 0 Å². The summed E-state index contributed by atoms with van der Waals surface area (Å²) in [6.45, 7) is 0.407. The van der Waals surface area contributed by atoms with Gasteiger partial charge in [-0.3, -0.25) is 4.79 Å². The van der Waals surface area contributed by atoms with Crippen LogP contribution in [0.1, 0.15) is 23.4 Å². The first-order valence-electron chi connectivity index (χ1n) is 7.25. The first-order chi connectivity index (χ1) is 10.6. The Labute approximate surface area is 129 Å². The molecule has 0 fully saturated rings. The van der Waals surface area contributed by atoms with E-state index in [1.807, 2.05) is 18.2 Å². The molecule has 1 aliphatic carbocycles. The topological polar surface area (TPSA) is 84.2 Å². The second-order valence-corrected chi connectivity index (χ2v) is 5.65. The van der Waals surface area contributed by atoms with Gasteiger partial charge in [0.25, 0.3) is 0 Å². The van der Waals surface area contributed by atoms with Gasteiger partial charge in [0.2, 0.25) is 5.91 Å². The number of hydrogen-bond acceptors (Lipinski definition) is 4. The lowest BCUT2D eigenvalue weighted by Gasteiger charge is -2.29. The molecule has 6 nitrogen and oxygen atoms in total. The Hall–Kier alpha value is -2.34. The molecule has 116 valence electrons. The third kappa shape index (κ3) is 2.25. The van der Waals surface area contributed by atoms with Crippen molar-refractivity contribution in [2.75, 3.05) is 14.2 Å². The summed E-state index contributed by atoms with van der Waals surface area (Å²) in [5, 5.41) is 0. The average Bonchev–Trinajstić information content (AvgIpc) is 3.15. The second-order valence-electron chi connectivity index (χ2n) is 5.65. The number of benzene rings is 1.